The average Bonchev–Trinajstić information content (AvgIpc) is 3.32. The van der Waals surface area contributed by atoms with E-state index in [-0.39, 0.29) is 23.9 Å². The van der Waals surface area contributed by atoms with Gasteiger partial charge in [-0.3, -0.25) is 4.79 Å². The number of fused-ring (bicyclic) bond motifs is 1. The normalized spacial score (nSPS) is 17.9. The van der Waals surface area contributed by atoms with Crippen LogP contribution in [0.1, 0.15) is 37.2 Å². The summed E-state index contributed by atoms with van der Waals surface area (Å²) < 4.78 is 20.8. The first-order valence-electron chi connectivity index (χ1n) is 9.23. The van der Waals surface area contributed by atoms with E-state index in [0.29, 0.717) is 13.2 Å². The zero-order chi connectivity index (χ0) is 18.8. The fraction of sp³-hybridized carbons (Fsp3) is 0.333. The fourth-order valence-corrected chi connectivity index (χ4v) is 3.52. The molecule has 0 bridgehead atoms. The van der Waals surface area contributed by atoms with Gasteiger partial charge in [-0.2, -0.15) is 0 Å². The lowest BCUT2D eigenvalue weighted by Crippen LogP contribution is -2.36. The van der Waals surface area contributed by atoms with Crippen molar-refractivity contribution in [2.24, 2.45) is 0 Å². The van der Waals surface area contributed by atoms with Crippen molar-refractivity contribution in [3.8, 4) is 0 Å². The van der Waals surface area contributed by atoms with E-state index >= 15 is 0 Å². The van der Waals surface area contributed by atoms with Crippen molar-refractivity contribution in [1.29, 1.82) is 0 Å². The van der Waals surface area contributed by atoms with E-state index < -0.39 is 0 Å². The summed E-state index contributed by atoms with van der Waals surface area (Å²) in [6.07, 6.45) is 1.29. The Balaban J connectivity index is 1.64. The van der Waals surface area contributed by atoms with Crippen molar-refractivity contribution in [2.45, 2.75) is 38.5 Å². The quantitative estimate of drug-likeness (QED) is 0.750. The van der Waals surface area contributed by atoms with Crippen molar-refractivity contribution in [3.05, 3.63) is 65.7 Å². The number of halogens is 1. The van der Waals surface area contributed by atoms with Gasteiger partial charge < -0.3 is 14.6 Å². The van der Waals surface area contributed by atoms with Crippen LogP contribution >= 0.6 is 0 Å². The second-order valence-electron chi connectivity index (χ2n) is 6.90. The molecule has 1 N–H and O–H groups in total. The Labute approximate surface area is 157 Å². The van der Waals surface area contributed by atoms with Crippen molar-refractivity contribution in [3.63, 3.8) is 0 Å². The molecule has 0 spiro atoms. The zero-order valence-corrected chi connectivity index (χ0v) is 15.2. The fourth-order valence-electron chi connectivity index (χ4n) is 3.52. The van der Waals surface area contributed by atoms with E-state index in [9.17, 15) is 9.18 Å². The maximum atomic E-state index is 13.2. The van der Waals surface area contributed by atoms with Crippen LogP contribution in [-0.4, -0.2) is 28.2 Å². The van der Waals surface area contributed by atoms with E-state index in [2.05, 4.69) is 9.88 Å². The summed E-state index contributed by atoms with van der Waals surface area (Å²) in [5.74, 6) is 0.416. The van der Waals surface area contributed by atoms with Crippen LogP contribution in [0.25, 0.3) is 11.0 Å². The van der Waals surface area contributed by atoms with Crippen molar-refractivity contribution < 1.29 is 13.9 Å². The van der Waals surface area contributed by atoms with Gasteiger partial charge in [0.2, 0.25) is 5.91 Å². The number of carbonyl (C=O) groups is 1. The highest BCUT2D eigenvalue weighted by Gasteiger charge is 2.26. The molecule has 5 nitrogen and oxygen atoms in total. The Kier molecular flexibility index (Phi) is 4.90. The van der Waals surface area contributed by atoms with Crippen LogP contribution in [0.2, 0.25) is 0 Å². The minimum atomic E-state index is -0.373. The highest BCUT2D eigenvalue weighted by Crippen LogP contribution is 2.23. The standard InChI is InChI=1S/C21H22FN3O2/c1-14(23-21(26)19-7-4-12-27-19)20-24-17-5-2-3-6-18(17)25(20)13-15-8-10-16(22)11-9-15/h2-3,5-6,8-11,14,19H,4,7,12-13H2,1H3,(H,23,26). The van der Waals surface area contributed by atoms with E-state index in [1.807, 2.05) is 31.2 Å². The molecular weight excluding hydrogens is 345 g/mol. The van der Waals surface area contributed by atoms with Crippen LogP contribution in [0, 0.1) is 5.82 Å². The van der Waals surface area contributed by atoms with Crippen molar-refractivity contribution in [2.75, 3.05) is 6.61 Å². The maximum absolute atomic E-state index is 13.2. The van der Waals surface area contributed by atoms with Gasteiger partial charge in [-0.15, -0.1) is 0 Å². The Hall–Kier alpha value is -2.73. The molecule has 1 fully saturated rings. The molecule has 0 radical (unpaired) electrons. The van der Waals surface area contributed by atoms with Gasteiger partial charge in [0.15, 0.2) is 0 Å². The van der Waals surface area contributed by atoms with Crippen LogP contribution < -0.4 is 5.32 Å². The highest BCUT2D eigenvalue weighted by atomic mass is 19.1. The Morgan fingerprint density at radius 2 is 2.07 bits per heavy atom. The lowest BCUT2D eigenvalue weighted by molar-refractivity contribution is -0.130. The number of imidazole rings is 1. The third kappa shape index (κ3) is 3.71. The SMILES string of the molecule is CC(NC(=O)C1CCCO1)c1nc2ccccc2n1Cc1ccc(F)cc1. The molecule has 0 saturated carbocycles. The molecule has 1 amide bonds. The lowest BCUT2D eigenvalue weighted by atomic mass is 10.2. The minimum Gasteiger partial charge on any atom is -0.368 e. The first-order chi connectivity index (χ1) is 13.1. The number of rotatable bonds is 5. The molecule has 2 atom stereocenters. The third-order valence-electron chi connectivity index (χ3n) is 4.91. The van der Waals surface area contributed by atoms with Crippen LogP contribution in [0.5, 0.6) is 0 Å². The number of hydrogen-bond donors (Lipinski definition) is 1. The van der Waals surface area contributed by atoms with Crippen LogP contribution in [0.15, 0.2) is 48.5 Å². The number of hydrogen-bond acceptors (Lipinski definition) is 3. The largest absolute Gasteiger partial charge is 0.368 e. The van der Waals surface area contributed by atoms with Gasteiger partial charge in [0.05, 0.1) is 17.1 Å². The van der Waals surface area contributed by atoms with Gasteiger partial charge in [-0.25, -0.2) is 9.37 Å². The average molecular weight is 367 g/mol. The summed E-state index contributed by atoms with van der Waals surface area (Å²) in [7, 11) is 0. The number of benzene rings is 2. The molecule has 6 heteroatoms. The zero-order valence-electron chi connectivity index (χ0n) is 15.2. The molecule has 1 aromatic heterocycles. The Morgan fingerprint density at radius 1 is 1.30 bits per heavy atom. The topological polar surface area (TPSA) is 56.1 Å². The molecule has 2 heterocycles. The predicted octanol–water partition coefficient (Wildman–Crippen LogP) is 3.58. The summed E-state index contributed by atoms with van der Waals surface area (Å²) in [5, 5.41) is 3.03. The van der Waals surface area contributed by atoms with E-state index in [1.165, 1.54) is 12.1 Å². The summed E-state index contributed by atoms with van der Waals surface area (Å²) in [6.45, 7) is 3.11. The first-order valence-corrected chi connectivity index (χ1v) is 9.23. The molecular formula is C21H22FN3O2. The van der Waals surface area contributed by atoms with Gasteiger partial charge >= 0.3 is 0 Å². The van der Waals surface area contributed by atoms with Crippen molar-refractivity contribution >= 4 is 16.9 Å². The van der Waals surface area contributed by atoms with Crippen LogP contribution in [-0.2, 0) is 16.1 Å². The number of para-hydroxylation sites is 2. The molecule has 1 aliphatic heterocycles. The summed E-state index contributed by atoms with van der Waals surface area (Å²) in [4.78, 5) is 17.2. The van der Waals surface area contributed by atoms with Gasteiger partial charge in [0.1, 0.15) is 17.7 Å². The molecule has 140 valence electrons. The predicted molar refractivity (Wildman–Crippen MR) is 101 cm³/mol. The van der Waals surface area contributed by atoms with Crippen LogP contribution in [0.4, 0.5) is 4.39 Å². The van der Waals surface area contributed by atoms with Gasteiger partial charge in [0.25, 0.3) is 0 Å². The van der Waals surface area contributed by atoms with E-state index in [1.54, 1.807) is 12.1 Å². The molecule has 4 rings (SSSR count). The Bertz CT molecular complexity index is 946. The monoisotopic (exact) mass is 367 g/mol. The number of nitrogens with one attached hydrogen (secondary N) is 1. The molecule has 3 aromatic rings. The number of ether oxygens (including phenoxy) is 1. The molecule has 27 heavy (non-hydrogen) atoms. The van der Waals surface area contributed by atoms with Crippen molar-refractivity contribution in [1.82, 2.24) is 14.9 Å². The number of aromatic nitrogens is 2. The minimum absolute atomic E-state index is 0.0969. The molecule has 2 aromatic carbocycles. The first kappa shape index (κ1) is 17.7. The summed E-state index contributed by atoms with van der Waals surface area (Å²) in [5.41, 5.74) is 2.82. The van der Waals surface area contributed by atoms with Gasteiger partial charge in [-0.05, 0) is 49.6 Å². The van der Waals surface area contributed by atoms with E-state index in [4.69, 9.17) is 9.72 Å². The van der Waals surface area contributed by atoms with E-state index in [0.717, 1.165) is 35.3 Å². The van der Waals surface area contributed by atoms with Gasteiger partial charge in [0, 0.05) is 13.2 Å². The summed E-state index contributed by atoms with van der Waals surface area (Å²) >= 11 is 0. The molecule has 2 unspecified atom stereocenters. The smallest absolute Gasteiger partial charge is 0.249 e. The Morgan fingerprint density at radius 3 is 2.81 bits per heavy atom. The number of carbonyl (C=O) groups excluding carboxylic acids is 1. The third-order valence-corrected chi connectivity index (χ3v) is 4.91. The number of amides is 1. The molecule has 1 aliphatic rings. The van der Waals surface area contributed by atoms with Gasteiger partial charge in [-0.1, -0.05) is 24.3 Å². The maximum Gasteiger partial charge on any atom is 0.249 e. The summed E-state index contributed by atoms with van der Waals surface area (Å²) in [6, 6.07) is 14.0. The lowest BCUT2D eigenvalue weighted by Gasteiger charge is -2.18. The van der Waals surface area contributed by atoms with Crippen LogP contribution in [0.3, 0.4) is 0 Å². The molecule has 0 aliphatic carbocycles. The second-order valence-corrected chi connectivity index (χ2v) is 6.90. The second kappa shape index (κ2) is 7.48. The molecule has 1 saturated heterocycles. The number of nitrogens with zero attached hydrogens (tertiary/aromatic N) is 2. The highest BCUT2D eigenvalue weighted by molar-refractivity contribution is 5.81.